The van der Waals surface area contributed by atoms with E-state index in [1.807, 2.05) is 24.3 Å². The van der Waals surface area contributed by atoms with Crippen LogP contribution in [0.5, 0.6) is 0 Å². The van der Waals surface area contributed by atoms with E-state index in [0.29, 0.717) is 10.8 Å². The van der Waals surface area contributed by atoms with E-state index in [-0.39, 0.29) is 0 Å². The van der Waals surface area contributed by atoms with Gasteiger partial charge in [0, 0.05) is 16.7 Å². The molecular weight excluding hydrogens is 398 g/mol. The number of hydrogen-bond donors (Lipinski definition) is 0. The van der Waals surface area contributed by atoms with Gasteiger partial charge in [-0.2, -0.15) is 4.68 Å². The van der Waals surface area contributed by atoms with Crippen molar-refractivity contribution < 1.29 is 0 Å². The number of benzene rings is 2. The molecule has 5 nitrogen and oxygen atoms in total. The molecule has 0 amide bonds. The summed E-state index contributed by atoms with van der Waals surface area (Å²) in [4.78, 5) is 4.71. The summed E-state index contributed by atoms with van der Waals surface area (Å²) in [7, 11) is 0. The highest BCUT2D eigenvalue weighted by Crippen LogP contribution is 2.32. The van der Waals surface area contributed by atoms with Crippen LogP contribution in [-0.4, -0.2) is 25.2 Å². The van der Waals surface area contributed by atoms with E-state index in [4.69, 9.17) is 16.6 Å². The van der Waals surface area contributed by atoms with Crippen LogP contribution in [0, 0.1) is 13.8 Å². The minimum atomic E-state index is 0.687. The summed E-state index contributed by atoms with van der Waals surface area (Å²) in [5.74, 6) is 0.687. The Balaban J connectivity index is 1.53. The number of thioether (sulfide) groups is 1. The monoisotopic (exact) mass is 413 g/mol. The Bertz CT molecular complexity index is 1090. The van der Waals surface area contributed by atoms with E-state index in [1.165, 1.54) is 5.56 Å². The summed E-state index contributed by atoms with van der Waals surface area (Å²) in [6.45, 7) is 4.12. The van der Waals surface area contributed by atoms with Gasteiger partial charge in [-0.15, -0.1) is 16.4 Å². The van der Waals surface area contributed by atoms with Crippen molar-refractivity contribution in [2.75, 3.05) is 0 Å². The van der Waals surface area contributed by atoms with Gasteiger partial charge in [0.25, 0.3) is 0 Å². The summed E-state index contributed by atoms with van der Waals surface area (Å²) in [6.07, 6.45) is 0. The van der Waals surface area contributed by atoms with Crippen molar-refractivity contribution in [1.82, 2.24) is 25.2 Å². The van der Waals surface area contributed by atoms with Crippen LogP contribution in [0.15, 0.2) is 53.0 Å². The molecule has 0 unspecified atom stereocenters. The molecule has 0 radical (unpaired) electrons. The van der Waals surface area contributed by atoms with E-state index in [9.17, 15) is 0 Å². The zero-order chi connectivity index (χ0) is 18.8. The number of tetrazole rings is 1. The van der Waals surface area contributed by atoms with Crippen molar-refractivity contribution in [1.29, 1.82) is 0 Å². The summed E-state index contributed by atoms with van der Waals surface area (Å²) in [5, 5.41) is 16.6. The molecule has 0 N–H and O–H groups in total. The van der Waals surface area contributed by atoms with E-state index < -0.39 is 0 Å². The van der Waals surface area contributed by atoms with Gasteiger partial charge in [-0.3, -0.25) is 0 Å². The van der Waals surface area contributed by atoms with Crippen molar-refractivity contribution in [3.05, 3.63) is 69.7 Å². The highest BCUT2D eigenvalue weighted by Gasteiger charge is 2.13. The topological polar surface area (TPSA) is 56.5 Å². The molecule has 0 saturated carbocycles. The van der Waals surface area contributed by atoms with Gasteiger partial charge in [-0.1, -0.05) is 53.7 Å². The van der Waals surface area contributed by atoms with E-state index >= 15 is 0 Å². The van der Waals surface area contributed by atoms with Crippen LogP contribution in [0.4, 0.5) is 0 Å². The fourth-order valence-corrected chi connectivity index (χ4v) is 4.66. The first kappa shape index (κ1) is 18.2. The second-order valence-corrected chi connectivity index (χ2v) is 8.28. The summed E-state index contributed by atoms with van der Waals surface area (Å²) in [6, 6.07) is 14.0. The number of nitrogens with zero attached hydrogens (tertiary/aromatic N) is 5. The van der Waals surface area contributed by atoms with Crippen molar-refractivity contribution in [3.63, 3.8) is 0 Å². The van der Waals surface area contributed by atoms with Gasteiger partial charge in [0.05, 0.1) is 16.4 Å². The molecule has 136 valence electrons. The maximum absolute atomic E-state index is 6.27. The third-order valence-electron chi connectivity index (χ3n) is 4.04. The third kappa shape index (κ3) is 3.90. The second kappa shape index (κ2) is 7.80. The first-order valence-electron chi connectivity index (χ1n) is 8.30. The van der Waals surface area contributed by atoms with Crippen LogP contribution in [0.1, 0.15) is 16.8 Å². The third-order valence-corrected chi connectivity index (χ3v) is 6.25. The fraction of sp³-hybridized carbons (Fsp3) is 0.158. The van der Waals surface area contributed by atoms with Gasteiger partial charge in [-0.25, -0.2) is 4.98 Å². The molecule has 8 heteroatoms. The smallest absolute Gasteiger partial charge is 0.214 e. The lowest BCUT2D eigenvalue weighted by molar-refractivity contribution is 0.751. The lowest BCUT2D eigenvalue weighted by atomic mass is 10.1. The first-order valence-corrected chi connectivity index (χ1v) is 10.5. The van der Waals surface area contributed by atoms with Crippen molar-refractivity contribution in [2.45, 2.75) is 24.8 Å². The SMILES string of the molecule is Cc1ccc(C)c(-n2nnnc2SCc2csc(-c3ccccc3Cl)n2)c1. The van der Waals surface area contributed by atoms with E-state index in [2.05, 4.69) is 53.0 Å². The fourth-order valence-electron chi connectivity index (χ4n) is 2.64. The standard InChI is InChI=1S/C19H16ClN5S2/c1-12-7-8-13(2)17(9-12)25-19(22-23-24-25)27-11-14-10-26-18(21-14)15-5-3-4-6-16(15)20/h3-10H,11H2,1-2H3. The number of hydrogen-bond acceptors (Lipinski definition) is 6. The molecule has 0 aliphatic carbocycles. The Hall–Kier alpha value is -2.22. The van der Waals surface area contributed by atoms with Crippen LogP contribution in [0.25, 0.3) is 16.3 Å². The largest absolute Gasteiger partial charge is 0.240 e. The Morgan fingerprint density at radius 2 is 2.00 bits per heavy atom. The van der Waals surface area contributed by atoms with Gasteiger partial charge >= 0.3 is 0 Å². The zero-order valence-electron chi connectivity index (χ0n) is 14.8. The summed E-state index contributed by atoms with van der Waals surface area (Å²) in [5.41, 5.74) is 5.24. The molecule has 2 heterocycles. The van der Waals surface area contributed by atoms with E-state index in [1.54, 1.807) is 27.8 Å². The average molecular weight is 414 g/mol. The van der Waals surface area contributed by atoms with Gasteiger partial charge in [0.15, 0.2) is 0 Å². The number of halogens is 1. The molecule has 4 aromatic rings. The Labute approximate surface area is 170 Å². The molecule has 2 aromatic carbocycles. The normalized spacial score (nSPS) is 11.1. The van der Waals surface area contributed by atoms with Gasteiger partial charge in [0.2, 0.25) is 5.16 Å². The van der Waals surface area contributed by atoms with Crippen molar-refractivity contribution in [2.24, 2.45) is 0 Å². The predicted molar refractivity (Wildman–Crippen MR) is 111 cm³/mol. The zero-order valence-corrected chi connectivity index (χ0v) is 17.1. The summed E-state index contributed by atoms with van der Waals surface area (Å²) >= 11 is 9.43. The minimum absolute atomic E-state index is 0.687. The molecule has 4 rings (SSSR count). The van der Waals surface area contributed by atoms with E-state index in [0.717, 1.165) is 32.7 Å². The number of aromatic nitrogens is 5. The molecule has 0 fully saturated rings. The molecule has 27 heavy (non-hydrogen) atoms. The van der Waals surface area contributed by atoms with Crippen LogP contribution in [0.3, 0.4) is 0 Å². The Kier molecular flexibility index (Phi) is 5.24. The molecule has 0 spiro atoms. The van der Waals surface area contributed by atoms with Crippen LogP contribution in [0.2, 0.25) is 5.02 Å². The lowest BCUT2D eigenvalue weighted by Gasteiger charge is -2.08. The highest BCUT2D eigenvalue weighted by molar-refractivity contribution is 7.98. The Morgan fingerprint density at radius 1 is 1.15 bits per heavy atom. The molecule has 2 aromatic heterocycles. The van der Waals surface area contributed by atoms with Crippen LogP contribution >= 0.6 is 34.7 Å². The number of aryl methyl sites for hydroxylation is 2. The highest BCUT2D eigenvalue weighted by atomic mass is 35.5. The lowest BCUT2D eigenvalue weighted by Crippen LogP contribution is -2.02. The maximum atomic E-state index is 6.27. The van der Waals surface area contributed by atoms with Crippen molar-refractivity contribution in [3.8, 4) is 16.3 Å². The molecular formula is C19H16ClN5S2. The minimum Gasteiger partial charge on any atom is -0.240 e. The van der Waals surface area contributed by atoms with Crippen LogP contribution in [-0.2, 0) is 5.75 Å². The number of thiazole rings is 1. The van der Waals surface area contributed by atoms with Crippen LogP contribution < -0.4 is 0 Å². The maximum Gasteiger partial charge on any atom is 0.214 e. The molecule has 0 saturated heterocycles. The first-order chi connectivity index (χ1) is 13.1. The molecule has 0 bridgehead atoms. The average Bonchev–Trinajstić information content (AvgIpc) is 3.31. The molecule has 0 aliphatic rings. The molecule has 0 atom stereocenters. The molecule has 0 aliphatic heterocycles. The summed E-state index contributed by atoms with van der Waals surface area (Å²) < 4.78 is 1.79. The predicted octanol–water partition coefficient (Wildman–Crippen LogP) is 5.35. The Morgan fingerprint density at radius 3 is 2.85 bits per heavy atom. The van der Waals surface area contributed by atoms with Gasteiger partial charge in [0.1, 0.15) is 5.01 Å². The van der Waals surface area contributed by atoms with Gasteiger partial charge < -0.3 is 0 Å². The second-order valence-electron chi connectivity index (χ2n) is 6.08. The van der Waals surface area contributed by atoms with Gasteiger partial charge in [-0.05, 0) is 47.5 Å². The quantitative estimate of drug-likeness (QED) is 0.413. The number of rotatable bonds is 5. The van der Waals surface area contributed by atoms with Crippen molar-refractivity contribution >= 4 is 34.7 Å².